The molecular formula is C3H2Cl3F3O3S. The van der Waals surface area contributed by atoms with Gasteiger partial charge in [-0.3, -0.25) is 0 Å². The number of hydrogen-bond donors (Lipinski definition) is 0. The number of hydrogen-bond acceptors (Lipinski definition) is 3. The van der Waals surface area contributed by atoms with Crippen molar-refractivity contribution >= 4 is 44.9 Å². The van der Waals surface area contributed by atoms with Crippen LogP contribution < -0.4 is 0 Å². The lowest BCUT2D eigenvalue weighted by atomic mass is 10.7. The summed E-state index contributed by atoms with van der Waals surface area (Å²) in [6.45, 7) is 0. The van der Waals surface area contributed by atoms with Gasteiger partial charge in [0.05, 0.1) is 0 Å². The first-order valence-corrected chi connectivity index (χ1v) is 5.04. The third-order valence-electron chi connectivity index (χ3n) is 0.700. The standard InChI is InChI=1S/C3H2Cl3F3O3S/c4-3(5,6)13(10,11)12-2(9)1(7)8/h1-2H. The van der Waals surface area contributed by atoms with E-state index in [1.54, 1.807) is 0 Å². The number of halogens is 6. The van der Waals surface area contributed by atoms with Crippen molar-refractivity contribution in [3.8, 4) is 0 Å². The molecule has 0 saturated carbocycles. The second-order valence-electron chi connectivity index (χ2n) is 1.68. The molecule has 0 spiro atoms. The van der Waals surface area contributed by atoms with Gasteiger partial charge in [-0.2, -0.15) is 8.42 Å². The third kappa shape index (κ3) is 4.07. The Bertz CT molecular complexity index is 261. The predicted octanol–water partition coefficient (Wildman–Crippen LogP) is 2.22. The summed E-state index contributed by atoms with van der Waals surface area (Å²) in [5.41, 5.74) is 0. The predicted molar refractivity (Wildman–Crippen MR) is 41.2 cm³/mol. The van der Waals surface area contributed by atoms with Crippen LogP contribution in [0.15, 0.2) is 0 Å². The van der Waals surface area contributed by atoms with Crippen LogP contribution >= 0.6 is 34.8 Å². The molecule has 0 heterocycles. The summed E-state index contributed by atoms with van der Waals surface area (Å²) in [5, 5.41) is 0. The molecule has 0 fully saturated rings. The van der Waals surface area contributed by atoms with Crippen LogP contribution in [0.2, 0.25) is 0 Å². The topological polar surface area (TPSA) is 43.4 Å². The van der Waals surface area contributed by atoms with Gasteiger partial charge in [0, 0.05) is 0 Å². The highest BCUT2D eigenvalue weighted by atomic mass is 35.6. The summed E-state index contributed by atoms with van der Waals surface area (Å²) in [6, 6.07) is 0. The second kappa shape index (κ2) is 4.39. The first kappa shape index (κ1) is 13.6. The van der Waals surface area contributed by atoms with Crippen molar-refractivity contribution in [1.29, 1.82) is 0 Å². The highest BCUT2D eigenvalue weighted by Crippen LogP contribution is 2.35. The SMILES string of the molecule is O=S(=O)(OC(F)C(F)F)C(Cl)(Cl)Cl. The maximum atomic E-state index is 12.0. The van der Waals surface area contributed by atoms with E-state index >= 15 is 0 Å². The van der Waals surface area contributed by atoms with Crippen LogP contribution in [0.25, 0.3) is 0 Å². The van der Waals surface area contributed by atoms with Crippen LogP contribution in [0.3, 0.4) is 0 Å². The molecule has 0 saturated heterocycles. The van der Waals surface area contributed by atoms with Crippen molar-refractivity contribution in [2.75, 3.05) is 0 Å². The van der Waals surface area contributed by atoms with Crippen LogP contribution in [-0.2, 0) is 14.3 Å². The average molecular weight is 281 g/mol. The van der Waals surface area contributed by atoms with E-state index in [2.05, 4.69) is 4.18 Å². The molecule has 0 aromatic heterocycles. The van der Waals surface area contributed by atoms with Crippen LogP contribution in [0, 0.1) is 0 Å². The van der Waals surface area contributed by atoms with E-state index < -0.39 is 26.0 Å². The zero-order valence-electron chi connectivity index (χ0n) is 5.56. The molecule has 0 N–H and O–H groups in total. The molecule has 0 bridgehead atoms. The molecule has 13 heavy (non-hydrogen) atoms. The van der Waals surface area contributed by atoms with Gasteiger partial charge in [0.2, 0.25) is 0 Å². The molecule has 0 aromatic carbocycles. The first-order chi connectivity index (χ1) is 5.58. The number of rotatable bonds is 3. The minimum absolute atomic E-state index is 2.99. The van der Waals surface area contributed by atoms with Gasteiger partial charge in [0.1, 0.15) is 0 Å². The van der Waals surface area contributed by atoms with Crippen molar-refractivity contribution in [1.82, 2.24) is 0 Å². The summed E-state index contributed by atoms with van der Waals surface area (Å²) < 4.78 is 56.3. The molecule has 1 unspecified atom stereocenters. The summed E-state index contributed by atoms with van der Waals surface area (Å²) >= 11 is 14.3. The van der Waals surface area contributed by atoms with Crippen molar-refractivity contribution in [3.63, 3.8) is 0 Å². The minimum Gasteiger partial charge on any atom is -0.223 e. The lowest BCUT2D eigenvalue weighted by Crippen LogP contribution is -2.29. The van der Waals surface area contributed by atoms with Crippen LogP contribution in [0.4, 0.5) is 13.2 Å². The summed E-state index contributed by atoms with van der Waals surface area (Å²) in [6.07, 6.45) is -6.98. The monoisotopic (exact) mass is 280 g/mol. The molecule has 0 rings (SSSR count). The maximum absolute atomic E-state index is 12.0. The molecular weight excluding hydrogens is 279 g/mol. The summed E-state index contributed by atoms with van der Waals surface area (Å²) in [5.74, 6) is 0. The van der Waals surface area contributed by atoms with Crippen molar-refractivity contribution in [2.45, 2.75) is 15.9 Å². The molecule has 10 heteroatoms. The van der Waals surface area contributed by atoms with Gasteiger partial charge in [0.15, 0.2) is 0 Å². The Morgan fingerprint density at radius 2 is 1.54 bits per heavy atom. The Hall–Kier alpha value is 0.570. The van der Waals surface area contributed by atoms with Gasteiger partial charge in [-0.1, -0.05) is 34.8 Å². The van der Waals surface area contributed by atoms with E-state index in [0.717, 1.165) is 0 Å². The largest absolute Gasteiger partial charge is 0.319 e. The highest BCUT2D eigenvalue weighted by Gasteiger charge is 2.43. The highest BCUT2D eigenvalue weighted by molar-refractivity contribution is 7.92. The maximum Gasteiger partial charge on any atom is 0.319 e. The van der Waals surface area contributed by atoms with E-state index in [1.807, 2.05) is 0 Å². The van der Waals surface area contributed by atoms with E-state index in [9.17, 15) is 21.6 Å². The average Bonchev–Trinajstić information content (AvgIpc) is 1.83. The van der Waals surface area contributed by atoms with E-state index in [1.165, 1.54) is 0 Å². The van der Waals surface area contributed by atoms with Gasteiger partial charge in [-0.15, -0.1) is 0 Å². The minimum atomic E-state index is -5.00. The van der Waals surface area contributed by atoms with Crippen molar-refractivity contribution < 1.29 is 25.8 Å². The van der Waals surface area contributed by atoms with Crippen LogP contribution in [0.5, 0.6) is 0 Å². The Morgan fingerprint density at radius 1 is 1.15 bits per heavy atom. The van der Waals surface area contributed by atoms with E-state index in [-0.39, 0.29) is 0 Å². The van der Waals surface area contributed by atoms with Crippen LogP contribution in [0.1, 0.15) is 0 Å². The van der Waals surface area contributed by atoms with Gasteiger partial charge < -0.3 is 0 Å². The van der Waals surface area contributed by atoms with Gasteiger partial charge in [0.25, 0.3) is 12.8 Å². The van der Waals surface area contributed by atoms with Crippen LogP contribution in [-0.4, -0.2) is 24.3 Å². The normalized spacial score (nSPS) is 16.2. The molecule has 0 radical (unpaired) electrons. The third-order valence-corrected chi connectivity index (χ3v) is 3.41. The first-order valence-electron chi connectivity index (χ1n) is 2.49. The molecule has 0 aliphatic rings. The Labute approximate surface area is 86.8 Å². The fourth-order valence-electron chi connectivity index (χ4n) is 0.218. The van der Waals surface area contributed by atoms with E-state index in [0.29, 0.717) is 0 Å². The van der Waals surface area contributed by atoms with E-state index in [4.69, 9.17) is 34.8 Å². The van der Waals surface area contributed by atoms with Gasteiger partial charge >= 0.3 is 13.2 Å². The fraction of sp³-hybridized carbons (Fsp3) is 1.00. The summed E-state index contributed by atoms with van der Waals surface area (Å²) in [7, 11) is -5.00. The number of alkyl halides is 6. The Morgan fingerprint density at radius 3 is 1.77 bits per heavy atom. The Kier molecular flexibility index (Phi) is 4.59. The lowest BCUT2D eigenvalue weighted by Gasteiger charge is -2.13. The summed E-state index contributed by atoms with van der Waals surface area (Å²) in [4.78, 5) is 0. The molecule has 80 valence electrons. The zero-order chi connectivity index (χ0) is 10.9. The second-order valence-corrected chi connectivity index (χ2v) is 6.35. The lowest BCUT2D eigenvalue weighted by molar-refractivity contribution is -0.0633. The Balaban J connectivity index is 4.55. The molecule has 1 atom stereocenters. The fourth-order valence-corrected chi connectivity index (χ4v) is 0.980. The van der Waals surface area contributed by atoms with Crippen molar-refractivity contribution in [2.24, 2.45) is 0 Å². The van der Waals surface area contributed by atoms with Gasteiger partial charge in [-0.25, -0.2) is 17.4 Å². The smallest absolute Gasteiger partial charge is 0.223 e. The molecule has 0 aliphatic carbocycles. The molecule has 0 amide bonds. The zero-order valence-corrected chi connectivity index (χ0v) is 8.64. The van der Waals surface area contributed by atoms with Crippen molar-refractivity contribution in [3.05, 3.63) is 0 Å². The van der Waals surface area contributed by atoms with Gasteiger partial charge in [-0.05, 0) is 0 Å². The quantitative estimate of drug-likeness (QED) is 0.588. The molecule has 0 aliphatic heterocycles. The molecule has 0 aromatic rings. The molecule has 3 nitrogen and oxygen atoms in total.